The zero-order valence-electron chi connectivity index (χ0n) is 12.0. The predicted octanol–water partition coefficient (Wildman–Crippen LogP) is 3.40. The molecular weight excluding hydrogens is 391 g/mol. The Balaban J connectivity index is 1.68. The van der Waals surface area contributed by atoms with E-state index in [4.69, 9.17) is 13.7 Å². The molecule has 0 amide bonds. The average Bonchev–Trinajstić information content (AvgIpc) is 2.89. The number of fused-ring (bicyclic) bond motifs is 1. The molecule has 0 aliphatic carbocycles. The maximum absolute atomic E-state index is 13.3. The maximum atomic E-state index is 13.3. The lowest BCUT2D eigenvalue weighted by Gasteiger charge is -2.11. The van der Waals surface area contributed by atoms with E-state index in [1.54, 1.807) is 12.1 Å². The van der Waals surface area contributed by atoms with Gasteiger partial charge in [-0.25, -0.2) is 4.39 Å². The van der Waals surface area contributed by atoms with Gasteiger partial charge in [0.2, 0.25) is 0 Å². The molecule has 1 aliphatic rings. The van der Waals surface area contributed by atoms with Crippen molar-refractivity contribution in [1.29, 1.82) is 0 Å². The van der Waals surface area contributed by atoms with E-state index in [-0.39, 0.29) is 17.3 Å². The molecule has 0 spiro atoms. The second-order valence-corrected chi connectivity index (χ2v) is 7.40. The molecule has 23 heavy (non-hydrogen) atoms. The van der Waals surface area contributed by atoms with Gasteiger partial charge in [0, 0.05) is 6.07 Å². The molecular formula is C15H12BrFO5S. The number of aryl methyl sites for hydroxylation is 1. The summed E-state index contributed by atoms with van der Waals surface area (Å²) in [6.45, 7) is 1.50. The van der Waals surface area contributed by atoms with E-state index in [9.17, 15) is 12.8 Å². The zero-order chi connectivity index (χ0) is 16.6. The molecule has 0 bridgehead atoms. The monoisotopic (exact) mass is 402 g/mol. The first-order chi connectivity index (χ1) is 10.8. The fourth-order valence-corrected chi connectivity index (χ4v) is 3.43. The summed E-state index contributed by atoms with van der Waals surface area (Å²) in [4.78, 5) is 0.0471. The standard InChI is InChI=1S/C15H12BrFO5S/c1-9-2-4-11(5-3-9)23(18,19)20-8-14-21-13-7-10(17)6-12(16)15(13)22-14/h2-7,14H,8H2,1H3. The predicted molar refractivity (Wildman–Crippen MR) is 83.5 cm³/mol. The molecule has 5 nitrogen and oxygen atoms in total. The van der Waals surface area contributed by atoms with Crippen LogP contribution in [-0.4, -0.2) is 21.3 Å². The highest BCUT2D eigenvalue weighted by Crippen LogP contribution is 2.41. The van der Waals surface area contributed by atoms with Gasteiger partial charge < -0.3 is 9.47 Å². The van der Waals surface area contributed by atoms with Gasteiger partial charge in [0.15, 0.2) is 11.5 Å². The molecule has 2 aromatic carbocycles. The van der Waals surface area contributed by atoms with Crippen molar-refractivity contribution in [3.63, 3.8) is 0 Å². The van der Waals surface area contributed by atoms with Crippen LogP contribution in [0.1, 0.15) is 5.56 Å². The van der Waals surface area contributed by atoms with Crippen molar-refractivity contribution in [3.8, 4) is 11.5 Å². The van der Waals surface area contributed by atoms with Gasteiger partial charge in [-0.2, -0.15) is 8.42 Å². The highest BCUT2D eigenvalue weighted by molar-refractivity contribution is 9.10. The average molecular weight is 403 g/mol. The molecule has 2 aromatic rings. The van der Waals surface area contributed by atoms with Crippen LogP contribution in [0.5, 0.6) is 11.5 Å². The largest absolute Gasteiger partial charge is 0.448 e. The van der Waals surface area contributed by atoms with Crippen LogP contribution in [0.2, 0.25) is 0 Å². The molecule has 0 aromatic heterocycles. The molecule has 1 unspecified atom stereocenters. The van der Waals surface area contributed by atoms with E-state index in [0.717, 1.165) is 11.6 Å². The fraction of sp³-hybridized carbons (Fsp3) is 0.200. The molecule has 8 heteroatoms. The van der Waals surface area contributed by atoms with Crippen LogP contribution in [0.4, 0.5) is 4.39 Å². The Morgan fingerprint density at radius 1 is 1.22 bits per heavy atom. The number of benzene rings is 2. The third-order valence-electron chi connectivity index (χ3n) is 3.15. The van der Waals surface area contributed by atoms with Crippen LogP contribution in [0.3, 0.4) is 0 Å². The maximum Gasteiger partial charge on any atom is 0.297 e. The van der Waals surface area contributed by atoms with Gasteiger partial charge in [0.1, 0.15) is 12.4 Å². The lowest BCUT2D eigenvalue weighted by Crippen LogP contribution is -2.26. The number of halogens is 2. The summed E-state index contributed by atoms with van der Waals surface area (Å²) in [7, 11) is -3.92. The first-order valence-electron chi connectivity index (χ1n) is 6.63. The SMILES string of the molecule is Cc1ccc(S(=O)(=O)OCC2Oc3cc(F)cc(Br)c3O2)cc1. The molecule has 122 valence electrons. The summed E-state index contributed by atoms with van der Waals surface area (Å²) >= 11 is 3.16. The number of hydrogen-bond donors (Lipinski definition) is 0. The molecule has 1 atom stereocenters. The van der Waals surface area contributed by atoms with Crippen molar-refractivity contribution in [2.75, 3.05) is 6.61 Å². The summed E-state index contributed by atoms with van der Waals surface area (Å²) < 4.78 is 53.6. The van der Waals surface area contributed by atoms with Crippen molar-refractivity contribution >= 4 is 26.0 Å². The van der Waals surface area contributed by atoms with E-state index >= 15 is 0 Å². The normalized spacial score (nSPS) is 16.6. The molecule has 0 saturated carbocycles. The smallest absolute Gasteiger partial charge is 0.297 e. The van der Waals surface area contributed by atoms with Gasteiger partial charge in [-0.05, 0) is 41.1 Å². The first kappa shape index (κ1) is 16.2. The Morgan fingerprint density at radius 2 is 1.91 bits per heavy atom. The summed E-state index contributed by atoms with van der Waals surface area (Å²) in [5, 5.41) is 0. The number of ether oxygens (including phenoxy) is 2. The Labute approximate surface area is 141 Å². The lowest BCUT2D eigenvalue weighted by atomic mass is 10.2. The first-order valence-corrected chi connectivity index (χ1v) is 8.84. The molecule has 3 rings (SSSR count). The van der Waals surface area contributed by atoms with Gasteiger partial charge in [-0.3, -0.25) is 4.18 Å². The highest BCUT2D eigenvalue weighted by Gasteiger charge is 2.29. The molecule has 0 radical (unpaired) electrons. The van der Waals surface area contributed by atoms with Crippen molar-refractivity contribution in [2.45, 2.75) is 18.1 Å². The van der Waals surface area contributed by atoms with Crippen LogP contribution < -0.4 is 9.47 Å². The van der Waals surface area contributed by atoms with Crippen LogP contribution in [0.25, 0.3) is 0 Å². The third kappa shape index (κ3) is 3.49. The second kappa shape index (κ2) is 6.10. The second-order valence-electron chi connectivity index (χ2n) is 4.93. The quantitative estimate of drug-likeness (QED) is 0.733. The lowest BCUT2D eigenvalue weighted by molar-refractivity contribution is 0.00940. The van der Waals surface area contributed by atoms with Crippen LogP contribution in [-0.2, 0) is 14.3 Å². The van der Waals surface area contributed by atoms with Crippen molar-refractivity contribution in [3.05, 3.63) is 52.3 Å². The Kier molecular flexibility index (Phi) is 4.31. The number of rotatable bonds is 4. The van der Waals surface area contributed by atoms with Gasteiger partial charge in [0.05, 0.1) is 9.37 Å². The van der Waals surface area contributed by atoms with Gasteiger partial charge in [0.25, 0.3) is 16.4 Å². The third-order valence-corrected chi connectivity index (χ3v) is 5.04. The van der Waals surface area contributed by atoms with Crippen molar-refractivity contribution < 1.29 is 26.5 Å². The topological polar surface area (TPSA) is 61.8 Å². The van der Waals surface area contributed by atoms with Crippen LogP contribution in [0.15, 0.2) is 45.8 Å². The minimum Gasteiger partial charge on any atom is -0.448 e. The van der Waals surface area contributed by atoms with Crippen molar-refractivity contribution in [1.82, 2.24) is 0 Å². The van der Waals surface area contributed by atoms with E-state index < -0.39 is 22.2 Å². The fourth-order valence-electron chi connectivity index (χ4n) is 2.02. The summed E-state index contributed by atoms with van der Waals surface area (Å²) in [6.07, 6.45) is -0.969. The molecule has 1 aliphatic heterocycles. The van der Waals surface area contributed by atoms with E-state index in [2.05, 4.69) is 15.9 Å². The summed E-state index contributed by atoms with van der Waals surface area (Å²) in [5.41, 5.74) is 0.939. The van der Waals surface area contributed by atoms with Gasteiger partial charge >= 0.3 is 0 Å². The van der Waals surface area contributed by atoms with E-state index in [1.807, 2.05) is 6.92 Å². The summed E-state index contributed by atoms with van der Waals surface area (Å²) in [5.74, 6) is 0.0130. The Hall–Kier alpha value is -1.64. The zero-order valence-corrected chi connectivity index (χ0v) is 14.4. The van der Waals surface area contributed by atoms with Gasteiger partial charge in [-0.1, -0.05) is 17.7 Å². The molecule has 0 fully saturated rings. The Morgan fingerprint density at radius 3 is 2.61 bits per heavy atom. The Bertz CT molecular complexity index is 836. The number of hydrogen-bond acceptors (Lipinski definition) is 5. The van der Waals surface area contributed by atoms with Crippen molar-refractivity contribution in [2.24, 2.45) is 0 Å². The van der Waals surface area contributed by atoms with Crippen LogP contribution in [0, 0.1) is 12.7 Å². The minimum absolute atomic E-state index is 0.0471. The van der Waals surface area contributed by atoms with Gasteiger partial charge in [-0.15, -0.1) is 0 Å². The minimum atomic E-state index is -3.92. The molecule has 0 N–H and O–H groups in total. The van der Waals surface area contributed by atoms with E-state index in [1.165, 1.54) is 18.2 Å². The molecule has 0 saturated heterocycles. The summed E-state index contributed by atoms with van der Waals surface area (Å²) in [6, 6.07) is 8.66. The van der Waals surface area contributed by atoms with Crippen LogP contribution >= 0.6 is 15.9 Å². The molecule has 1 heterocycles. The highest BCUT2D eigenvalue weighted by atomic mass is 79.9. The van der Waals surface area contributed by atoms with E-state index in [0.29, 0.717) is 10.2 Å².